The number of primary amides is 1. The Morgan fingerprint density at radius 3 is 2.30 bits per heavy atom. The Balaban J connectivity index is 2.15. The van der Waals surface area contributed by atoms with E-state index < -0.39 is 53.8 Å². The summed E-state index contributed by atoms with van der Waals surface area (Å²) in [7, 11) is 0. The molecule has 0 spiro atoms. The molecule has 12 N–H and O–H groups in total. The van der Waals surface area contributed by atoms with Crippen LogP contribution in [0.15, 0.2) is 29.3 Å². The summed E-state index contributed by atoms with van der Waals surface area (Å²) < 4.78 is 0. The molecule has 0 bridgehead atoms. The molecule has 1 aromatic rings. The number of phenols is 1. The lowest BCUT2D eigenvalue weighted by Gasteiger charge is -2.28. The Morgan fingerprint density at radius 1 is 1.02 bits per heavy atom. The van der Waals surface area contributed by atoms with E-state index in [0.717, 1.165) is 0 Å². The summed E-state index contributed by atoms with van der Waals surface area (Å²) >= 11 is 0. The third-order valence-electron chi connectivity index (χ3n) is 6.43. The van der Waals surface area contributed by atoms with E-state index in [1.807, 2.05) is 0 Å². The fourth-order valence-corrected chi connectivity index (χ4v) is 4.32. The third kappa shape index (κ3) is 10.1. The van der Waals surface area contributed by atoms with Crippen molar-refractivity contribution >= 4 is 35.6 Å². The monoisotopic (exact) mass is 562 g/mol. The standard InChI is InChI=1S/C25H38N8O7/c26-16(3-1-11-30-25(28)29)23(38)33-12-2-4-19(33)22(37)32-18(13-14-5-7-15(34)8-6-14)21(36)31-17(24(39)40)9-10-20(27)35/h5-8,16-19,34H,1-4,9-13,26H2,(H2,27,35)(H,31,36)(H,32,37)(H,39,40)(H4,28,29,30). The number of hydrogen-bond acceptors (Lipinski definition) is 8. The van der Waals surface area contributed by atoms with Gasteiger partial charge in [-0.25, -0.2) is 4.79 Å². The zero-order valence-corrected chi connectivity index (χ0v) is 22.1. The second-order valence-electron chi connectivity index (χ2n) is 9.58. The number of phenolic OH excluding ortho intramolecular Hbond substituents is 1. The van der Waals surface area contributed by atoms with E-state index in [-0.39, 0.29) is 31.0 Å². The molecule has 220 valence electrons. The quantitative estimate of drug-likeness (QED) is 0.0639. The molecule has 1 aliphatic heterocycles. The molecule has 1 saturated heterocycles. The highest BCUT2D eigenvalue weighted by atomic mass is 16.4. The summed E-state index contributed by atoms with van der Waals surface area (Å²) in [4.78, 5) is 67.5. The molecule has 1 heterocycles. The average molecular weight is 563 g/mol. The Labute approximate surface area is 231 Å². The first-order chi connectivity index (χ1) is 18.9. The van der Waals surface area contributed by atoms with E-state index >= 15 is 0 Å². The van der Waals surface area contributed by atoms with Gasteiger partial charge in [0.05, 0.1) is 6.04 Å². The summed E-state index contributed by atoms with van der Waals surface area (Å²) in [6.45, 7) is 0.611. The van der Waals surface area contributed by atoms with Gasteiger partial charge in [0, 0.05) is 25.9 Å². The topological polar surface area (TPSA) is 270 Å². The van der Waals surface area contributed by atoms with Gasteiger partial charge in [-0.15, -0.1) is 0 Å². The molecule has 0 radical (unpaired) electrons. The number of guanidine groups is 1. The van der Waals surface area contributed by atoms with Gasteiger partial charge in [0.15, 0.2) is 5.96 Å². The smallest absolute Gasteiger partial charge is 0.326 e. The lowest BCUT2D eigenvalue weighted by atomic mass is 10.0. The second-order valence-corrected chi connectivity index (χ2v) is 9.58. The molecule has 1 aliphatic rings. The van der Waals surface area contributed by atoms with E-state index in [1.165, 1.54) is 17.0 Å². The molecule has 1 aromatic carbocycles. The van der Waals surface area contributed by atoms with Crippen LogP contribution in [0.2, 0.25) is 0 Å². The van der Waals surface area contributed by atoms with E-state index in [0.29, 0.717) is 44.3 Å². The molecule has 0 saturated carbocycles. The molecular formula is C25H38N8O7. The lowest BCUT2D eigenvalue weighted by molar-refractivity contribution is -0.143. The molecule has 0 aliphatic carbocycles. The van der Waals surface area contributed by atoms with Gasteiger partial charge >= 0.3 is 5.97 Å². The molecule has 0 aromatic heterocycles. The van der Waals surface area contributed by atoms with Crippen LogP contribution in [0.4, 0.5) is 0 Å². The first kappa shape index (κ1) is 31.8. The zero-order valence-electron chi connectivity index (χ0n) is 22.1. The molecule has 4 atom stereocenters. The van der Waals surface area contributed by atoms with Crippen LogP contribution in [-0.2, 0) is 30.4 Å². The third-order valence-corrected chi connectivity index (χ3v) is 6.43. The number of amides is 4. The summed E-state index contributed by atoms with van der Waals surface area (Å²) in [5.41, 5.74) is 22.3. The van der Waals surface area contributed by atoms with Crippen LogP contribution in [-0.4, -0.2) is 87.9 Å². The first-order valence-corrected chi connectivity index (χ1v) is 12.9. The number of carbonyl (C=O) groups excluding carboxylic acids is 4. The van der Waals surface area contributed by atoms with Crippen molar-refractivity contribution in [3.63, 3.8) is 0 Å². The fourth-order valence-electron chi connectivity index (χ4n) is 4.32. The van der Waals surface area contributed by atoms with Crippen LogP contribution in [0.1, 0.15) is 44.1 Å². The minimum atomic E-state index is -1.42. The Hall–Kier alpha value is -4.40. The van der Waals surface area contributed by atoms with Crippen molar-refractivity contribution in [2.24, 2.45) is 27.9 Å². The van der Waals surface area contributed by atoms with Crippen LogP contribution in [0.25, 0.3) is 0 Å². The largest absolute Gasteiger partial charge is 0.508 e. The van der Waals surface area contributed by atoms with Gasteiger partial charge in [-0.3, -0.25) is 24.2 Å². The van der Waals surface area contributed by atoms with Crippen LogP contribution in [0.5, 0.6) is 5.75 Å². The number of hydrogen-bond donors (Lipinski definition) is 8. The Bertz CT molecular complexity index is 1090. The molecule has 1 fully saturated rings. The summed E-state index contributed by atoms with van der Waals surface area (Å²) in [6, 6.07) is 1.53. The molecule has 40 heavy (non-hydrogen) atoms. The average Bonchev–Trinajstić information content (AvgIpc) is 3.39. The number of rotatable bonds is 15. The van der Waals surface area contributed by atoms with Crippen molar-refractivity contribution in [3.8, 4) is 5.75 Å². The Morgan fingerprint density at radius 2 is 1.70 bits per heavy atom. The van der Waals surface area contributed by atoms with Crippen LogP contribution in [0.3, 0.4) is 0 Å². The highest BCUT2D eigenvalue weighted by Crippen LogP contribution is 2.20. The lowest BCUT2D eigenvalue weighted by Crippen LogP contribution is -2.57. The molecule has 2 rings (SSSR count). The maximum absolute atomic E-state index is 13.3. The number of aliphatic imine (C=N–C) groups is 1. The first-order valence-electron chi connectivity index (χ1n) is 12.9. The van der Waals surface area contributed by atoms with Crippen molar-refractivity contribution in [1.29, 1.82) is 0 Å². The van der Waals surface area contributed by atoms with Gasteiger partial charge in [-0.05, 0) is 49.8 Å². The Kier molecular flexibility index (Phi) is 12.1. The normalized spacial score (nSPS) is 16.8. The van der Waals surface area contributed by atoms with Gasteiger partial charge in [-0.1, -0.05) is 12.1 Å². The second kappa shape index (κ2) is 15.3. The predicted octanol–water partition coefficient (Wildman–Crippen LogP) is -2.37. The number of aromatic hydroxyl groups is 1. The van der Waals surface area contributed by atoms with Crippen LogP contribution >= 0.6 is 0 Å². The number of benzene rings is 1. The number of likely N-dealkylation sites (tertiary alicyclic amines) is 1. The highest BCUT2D eigenvalue weighted by molar-refractivity contribution is 5.94. The van der Waals surface area contributed by atoms with Crippen molar-refractivity contribution in [2.45, 2.75) is 69.1 Å². The molecular weight excluding hydrogens is 524 g/mol. The highest BCUT2D eigenvalue weighted by Gasteiger charge is 2.38. The fraction of sp³-hybridized carbons (Fsp3) is 0.520. The minimum absolute atomic E-state index is 0.000859. The number of carbonyl (C=O) groups is 5. The van der Waals surface area contributed by atoms with Gasteiger partial charge in [0.2, 0.25) is 23.6 Å². The number of nitrogens with one attached hydrogen (secondary N) is 2. The molecule has 15 heteroatoms. The predicted molar refractivity (Wildman–Crippen MR) is 144 cm³/mol. The van der Waals surface area contributed by atoms with Gasteiger partial charge in [-0.2, -0.15) is 0 Å². The van der Waals surface area contributed by atoms with E-state index in [9.17, 15) is 34.2 Å². The summed E-state index contributed by atoms with van der Waals surface area (Å²) in [6.07, 6.45) is 1.12. The van der Waals surface area contributed by atoms with E-state index in [4.69, 9.17) is 22.9 Å². The van der Waals surface area contributed by atoms with Crippen molar-refractivity contribution in [1.82, 2.24) is 15.5 Å². The van der Waals surface area contributed by atoms with E-state index in [1.54, 1.807) is 12.1 Å². The number of nitrogens with zero attached hydrogens (tertiary/aromatic N) is 2. The van der Waals surface area contributed by atoms with Crippen molar-refractivity contribution in [2.75, 3.05) is 13.1 Å². The van der Waals surface area contributed by atoms with Gasteiger partial charge in [0.1, 0.15) is 23.9 Å². The number of carboxylic acids is 1. The molecule has 4 unspecified atom stereocenters. The molecule has 4 amide bonds. The number of aliphatic carboxylic acids is 1. The number of carboxylic acid groups (broad SMARTS) is 1. The maximum Gasteiger partial charge on any atom is 0.326 e. The zero-order chi connectivity index (χ0) is 29.8. The van der Waals surface area contributed by atoms with Crippen molar-refractivity contribution in [3.05, 3.63) is 29.8 Å². The van der Waals surface area contributed by atoms with Crippen LogP contribution < -0.4 is 33.6 Å². The van der Waals surface area contributed by atoms with Crippen LogP contribution in [0, 0.1) is 0 Å². The SMILES string of the molecule is NC(=O)CCC(NC(=O)C(Cc1ccc(O)cc1)NC(=O)C1CCCN1C(=O)C(N)CCCN=C(N)N)C(=O)O. The number of nitrogens with two attached hydrogens (primary N) is 4. The van der Waals surface area contributed by atoms with Crippen molar-refractivity contribution < 1.29 is 34.2 Å². The van der Waals surface area contributed by atoms with E-state index in [2.05, 4.69) is 15.6 Å². The van der Waals surface area contributed by atoms with Gasteiger partial charge < -0.3 is 48.7 Å². The summed E-state index contributed by atoms with van der Waals surface area (Å²) in [5, 5.41) is 24.1. The minimum Gasteiger partial charge on any atom is -0.508 e. The summed E-state index contributed by atoms with van der Waals surface area (Å²) in [5.74, 6) is -3.97. The molecule has 15 nitrogen and oxygen atoms in total. The maximum atomic E-state index is 13.3. The van der Waals surface area contributed by atoms with Gasteiger partial charge in [0.25, 0.3) is 0 Å².